The van der Waals surface area contributed by atoms with Crippen molar-refractivity contribution in [2.24, 2.45) is 0 Å². The Morgan fingerprint density at radius 3 is 2.68 bits per heavy atom. The zero-order valence-corrected chi connectivity index (χ0v) is 13.3. The van der Waals surface area contributed by atoms with Crippen molar-refractivity contribution >= 4 is 43.0 Å². The first-order valence-corrected chi connectivity index (χ1v) is 8.66. The van der Waals surface area contributed by atoms with Crippen LogP contribution in [0.2, 0.25) is 0 Å². The molecule has 0 aliphatic heterocycles. The highest BCUT2D eigenvalue weighted by molar-refractivity contribution is 9.10. The summed E-state index contributed by atoms with van der Waals surface area (Å²) < 4.78 is 28.1. The molecule has 1 unspecified atom stereocenters. The molecule has 0 spiro atoms. The lowest BCUT2D eigenvalue weighted by Crippen LogP contribution is -2.26. The number of nitrogen functional groups attached to an aromatic ring is 1. The van der Waals surface area contributed by atoms with Crippen LogP contribution in [0, 0.1) is 0 Å². The number of sulfonamides is 1. The number of hydrogen-bond donors (Lipinski definition) is 2. The van der Waals surface area contributed by atoms with E-state index in [0.717, 1.165) is 21.4 Å². The van der Waals surface area contributed by atoms with Crippen molar-refractivity contribution in [1.29, 1.82) is 0 Å². The molecule has 0 bridgehead atoms. The molecule has 2 rings (SSSR count). The highest BCUT2D eigenvalue weighted by atomic mass is 79.9. The second kappa shape index (κ2) is 5.62. The number of nitrogens with one attached hydrogen (secondary N) is 1. The Hall–Kier alpha value is -0.890. The van der Waals surface area contributed by atoms with Crippen LogP contribution in [0.15, 0.2) is 44.4 Å². The largest absolute Gasteiger partial charge is 0.398 e. The van der Waals surface area contributed by atoms with Crippen molar-refractivity contribution < 1.29 is 8.42 Å². The van der Waals surface area contributed by atoms with Gasteiger partial charge < -0.3 is 5.73 Å². The number of hydrogen-bond acceptors (Lipinski definition) is 4. The minimum atomic E-state index is -3.53. The van der Waals surface area contributed by atoms with Crippen LogP contribution in [-0.4, -0.2) is 8.42 Å². The van der Waals surface area contributed by atoms with Gasteiger partial charge in [0.15, 0.2) is 0 Å². The van der Waals surface area contributed by atoms with Crippen LogP contribution in [0.3, 0.4) is 0 Å². The first-order valence-electron chi connectivity index (χ1n) is 5.50. The summed E-state index contributed by atoms with van der Waals surface area (Å²) in [5.74, 6) is 0. The normalized spacial score (nSPS) is 13.4. The quantitative estimate of drug-likeness (QED) is 0.879. The summed E-state index contributed by atoms with van der Waals surface area (Å²) in [5, 5.41) is 1.61. The average Bonchev–Trinajstić information content (AvgIpc) is 2.76. The maximum atomic E-state index is 12.1. The molecule has 0 fully saturated rings. The van der Waals surface area contributed by atoms with Crippen LogP contribution in [-0.2, 0) is 10.0 Å². The number of rotatable bonds is 4. The Kier molecular flexibility index (Phi) is 4.29. The first kappa shape index (κ1) is 14.5. The molecule has 0 saturated heterocycles. The molecule has 0 radical (unpaired) electrons. The molecule has 7 heteroatoms. The molecule has 1 atom stereocenters. The monoisotopic (exact) mass is 360 g/mol. The Labute approximate surface area is 124 Å². The van der Waals surface area contributed by atoms with Crippen molar-refractivity contribution in [3.63, 3.8) is 0 Å². The van der Waals surface area contributed by atoms with E-state index in [1.54, 1.807) is 12.3 Å². The van der Waals surface area contributed by atoms with Crippen LogP contribution < -0.4 is 10.5 Å². The van der Waals surface area contributed by atoms with E-state index in [4.69, 9.17) is 5.73 Å². The van der Waals surface area contributed by atoms with Crippen molar-refractivity contribution in [3.8, 4) is 0 Å². The maximum Gasteiger partial charge on any atom is 0.250 e. The summed E-state index contributed by atoms with van der Waals surface area (Å²) in [6.07, 6.45) is 0. The SMILES string of the molecule is CC(NS(=O)(=O)c1cc(N)cs1)c1cccc(Br)c1. The Morgan fingerprint density at radius 1 is 1.37 bits per heavy atom. The smallest absolute Gasteiger partial charge is 0.250 e. The molecule has 0 saturated carbocycles. The standard InChI is InChI=1S/C12H13BrN2O2S2/c1-8(9-3-2-4-10(13)5-9)15-19(16,17)12-6-11(14)7-18-12/h2-8,15H,14H2,1H3. The van der Waals surface area contributed by atoms with E-state index >= 15 is 0 Å². The van der Waals surface area contributed by atoms with Crippen molar-refractivity contribution in [2.45, 2.75) is 17.2 Å². The number of halogens is 1. The van der Waals surface area contributed by atoms with E-state index in [0.29, 0.717) is 5.69 Å². The molecule has 4 nitrogen and oxygen atoms in total. The zero-order valence-electron chi connectivity index (χ0n) is 10.1. The van der Waals surface area contributed by atoms with Crippen LogP contribution >= 0.6 is 27.3 Å². The molecule has 1 aromatic heterocycles. The number of benzene rings is 1. The maximum absolute atomic E-state index is 12.1. The molecule has 19 heavy (non-hydrogen) atoms. The molecule has 102 valence electrons. The van der Waals surface area contributed by atoms with E-state index in [2.05, 4.69) is 20.7 Å². The van der Waals surface area contributed by atoms with Gasteiger partial charge in [-0.2, -0.15) is 0 Å². The fraction of sp³-hybridized carbons (Fsp3) is 0.167. The third kappa shape index (κ3) is 3.56. The van der Waals surface area contributed by atoms with E-state index in [1.807, 2.05) is 24.3 Å². The molecule has 0 aliphatic rings. The summed E-state index contributed by atoms with van der Waals surface area (Å²) in [4.78, 5) is 0. The van der Waals surface area contributed by atoms with Crippen molar-refractivity contribution in [1.82, 2.24) is 4.72 Å². The lowest BCUT2D eigenvalue weighted by atomic mass is 10.1. The number of thiophene rings is 1. The second-order valence-corrected chi connectivity index (χ2v) is 7.86. The Bertz CT molecular complexity index is 683. The summed E-state index contributed by atoms with van der Waals surface area (Å²) >= 11 is 4.48. The molecular formula is C12H13BrN2O2S2. The molecule has 0 aliphatic carbocycles. The van der Waals surface area contributed by atoms with Crippen LogP contribution in [0.1, 0.15) is 18.5 Å². The van der Waals surface area contributed by atoms with E-state index in [1.165, 1.54) is 6.07 Å². The third-order valence-corrected chi connectivity index (χ3v) is 6.03. The van der Waals surface area contributed by atoms with Gasteiger partial charge in [0.2, 0.25) is 0 Å². The lowest BCUT2D eigenvalue weighted by molar-refractivity contribution is 0.569. The average molecular weight is 361 g/mol. The topological polar surface area (TPSA) is 72.2 Å². The van der Waals surface area contributed by atoms with Crippen LogP contribution in [0.4, 0.5) is 5.69 Å². The summed E-state index contributed by atoms with van der Waals surface area (Å²) in [6, 6.07) is 8.67. The fourth-order valence-electron chi connectivity index (χ4n) is 1.61. The Morgan fingerprint density at radius 2 is 2.11 bits per heavy atom. The minimum absolute atomic E-state index is 0.229. The molecule has 2 aromatic rings. The fourth-order valence-corrected chi connectivity index (χ4v) is 4.35. The van der Waals surface area contributed by atoms with Gasteiger partial charge in [0, 0.05) is 21.6 Å². The highest BCUT2D eigenvalue weighted by Gasteiger charge is 2.20. The van der Waals surface area contributed by atoms with Crippen molar-refractivity contribution in [2.75, 3.05) is 5.73 Å². The van der Waals surface area contributed by atoms with Crippen LogP contribution in [0.5, 0.6) is 0 Å². The van der Waals surface area contributed by atoms with E-state index in [9.17, 15) is 8.42 Å². The van der Waals surface area contributed by atoms with Gasteiger partial charge in [0.25, 0.3) is 10.0 Å². The Balaban J connectivity index is 2.21. The van der Waals surface area contributed by atoms with Crippen molar-refractivity contribution in [3.05, 3.63) is 45.7 Å². The molecule has 0 amide bonds. The van der Waals surface area contributed by atoms with Gasteiger partial charge in [0.05, 0.1) is 0 Å². The molecular weight excluding hydrogens is 348 g/mol. The molecule has 1 aromatic carbocycles. The lowest BCUT2D eigenvalue weighted by Gasteiger charge is -2.14. The van der Waals surface area contributed by atoms with Gasteiger partial charge >= 0.3 is 0 Å². The molecule has 1 heterocycles. The zero-order chi connectivity index (χ0) is 14.0. The highest BCUT2D eigenvalue weighted by Crippen LogP contribution is 2.24. The summed E-state index contributed by atoms with van der Waals surface area (Å²) in [7, 11) is -3.53. The first-order chi connectivity index (χ1) is 8.88. The van der Waals surface area contributed by atoms with Gasteiger partial charge in [-0.15, -0.1) is 11.3 Å². The minimum Gasteiger partial charge on any atom is -0.398 e. The van der Waals surface area contributed by atoms with Gasteiger partial charge in [0.1, 0.15) is 4.21 Å². The summed E-state index contributed by atoms with van der Waals surface area (Å²) in [6.45, 7) is 1.80. The number of nitrogens with two attached hydrogens (primary N) is 1. The van der Waals surface area contributed by atoms with E-state index in [-0.39, 0.29) is 10.3 Å². The second-order valence-electron chi connectivity index (χ2n) is 4.10. The van der Waals surface area contributed by atoms with Gasteiger partial charge in [-0.1, -0.05) is 28.1 Å². The number of anilines is 1. The van der Waals surface area contributed by atoms with Gasteiger partial charge in [-0.3, -0.25) is 0 Å². The van der Waals surface area contributed by atoms with Gasteiger partial charge in [-0.25, -0.2) is 13.1 Å². The van der Waals surface area contributed by atoms with Gasteiger partial charge in [-0.05, 0) is 30.7 Å². The predicted molar refractivity (Wildman–Crippen MR) is 81.6 cm³/mol. The van der Waals surface area contributed by atoms with Crippen LogP contribution in [0.25, 0.3) is 0 Å². The van der Waals surface area contributed by atoms with E-state index < -0.39 is 10.0 Å². The summed E-state index contributed by atoms with van der Waals surface area (Å²) in [5.41, 5.74) is 6.90. The molecule has 3 N–H and O–H groups in total. The predicted octanol–water partition coefficient (Wildman–Crippen LogP) is 3.13. The third-order valence-electron chi connectivity index (χ3n) is 2.54.